The number of carbonyl (C=O) groups is 2. The molecule has 0 aliphatic carbocycles. The second-order valence-electron chi connectivity index (χ2n) is 6.76. The molecule has 0 amide bonds. The number of benzene rings is 1. The van der Waals surface area contributed by atoms with E-state index in [0.29, 0.717) is 5.02 Å². The minimum atomic E-state index is -1.12. The first-order valence-electron chi connectivity index (χ1n) is 6.84. The molecule has 0 spiro atoms. The van der Waals surface area contributed by atoms with Crippen molar-refractivity contribution in [3.63, 3.8) is 0 Å². The van der Waals surface area contributed by atoms with Crippen molar-refractivity contribution in [3.05, 3.63) is 34.9 Å². The third kappa shape index (κ3) is 1.57. The van der Waals surface area contributed by atoms with Gasteiger partial charge in [-0.15, -0.1) is 0 Å². The topological polar surface area (TPSA) is 52.6 Å². The number of fused-ring (bicyclic) bond motifs is 1. The highest BCUT2D eigenvalue weighted by atomic mass is 35.5. The summed E-state index contributed by atoms with van der Waals surface area (Å²) in [7, 11) is 0. The van der Waals surface area contributed by atoms with Crippen LogP contribution in [0.2, 0.25) is 5.02 Å². The molecule has 0 unspecified atom stereocenters. The molecule has 1 aromatic carbocycles. The molecule has 0 radical (unpaired) electrons. The molecule has 21 heavy (non-hydrogen) atoms. The number of halogens is 1. The molecule has 2 saturated heterocycles. The quantitative estimate of drug-likeness (QED) is 0.748. The van der Waals surface area contributed by atoms with Crippen LogP contribution in [0.15, 0.2) is 24.3 Å². The Balaban J connectivity index is 2.26. The van der Waals surface area contributed by atoms with Gasteiger partial charge in [0.2, 0.25) is 0 Å². The van der Waals surface area contributed by atoms with Gasteiger partial charge in [0.15, 0.2) is 11.7 Å². The fourth-order valence-corrected chi connectivity index (χ4v) is 3.43. The average Bonchev–Trinajstić information content (AvgIpc) is 2.73. The van der Waals surface area contributed by atoms with Crippen molar-refractivity contribution < 1.29 is 19.1 Å². The van der Waals surface area contributed by atoms with Crippen molar-refractivity contribution in [2.75, 3.05) is 0 Å². The maximum Gasteiger partial charge on any atom is 0.316 e. The van der Waals surface area contributed by atoms with E-state index in [-0.39, 0.29) is 11.9 Å². The van der Waals surface area contributed by atoms with E-state index in [2.05, 4.69) is 0 Å². The lowest BCUT2D eigenvalue weighted by molar-refractivity contribution is -0.166. The summed E-state index contributed by atoms with van der Waals surface area (Å²) >= 11 is 5.94. The van der Waals surface area contributed by atoms with Crippen LogP contribution in [0.1, 0.15) is 33.3 Å². The summed E-state index contributed by atoms with van der Waals surface area (Å²) in [6, 6.07) is 7.02. The van der Waals surface area contributed by atoms with Crippen molar-refractivity contribution >= 4 is 23.5 Å². The number of ether oxygens (including phenoxy) is 2. The van der Waals surface area contributed by atoms with E-state index in [1.165, 1.54) is 0 Å². The van der Waals surface area contributed by atoms with Crippen LogP contribution in [0.4, 0.5) is 0 Å². The molecule has 0 bridgehead atoms. The van der Waals surface area contributed by atoms with Gasteiger partial charge >= 0.3 is 11.9 Å². The first kappa shape index (κ1) is 14.4. The SMILES string of the molecule is CC1(C)C(=O)O[C@@]2(c3ccc(Cl)cc3)[C@@H]1OC(=O)C2(C)C. The molecule has 4 nitrogen and oxygen atoms in total. The molecule has 2 atom stereocenters. The molecular formula is C16H17ClO4. The minimum absolute atomic E-state index is 0.358. The van der Waals surface area contributed by atoms with Gasteiger partial charge in [0, 0.05) is 10.6 Å². The molecule has 1 aromatic rings. The van der Waals surface area contributed by atoms with Gasteiger partial charge in [0.25, 0.3) is 0 Å². The second kappa shape index (κ2) is 4.01. The smallest absolute Gasteiger partial charge is 0.316 e. The van der Waals surface area contributed by atoms with Crippen LogP contribution in [0, 0.1) is 10.8 Å². The van der Waals surface area contributed by atoms with E-state index in [4.69, 9.17) is 21.1 Å². The van der Waals surface area contributed by atoms with Gasteiger partial charge in [-0.3, -0.25) is 9.59 Å². The zero-order valence-electron chi connectivity index (χ0n) is 12.4. The first-order chi connectivity index (χ1) is 9.64. The van der Waals surface area contributed by atoms with Crippen LogP contribution in [0.3, 0.4) is 0 Å². The zero-order chi connectivity index (χ0) is 15.6. The Morgan fingerprint density at radius 1 is 1.00 bits per heavy atom. The molecule has 3 rings (SSSR count). The Labute approximate surface area is 128 Å². The van der Waals surface area contributed by atoms with Crippen LogP contribution in [-0.4, -0.2) is 18.0 Å². The lowest BCUT2D eigenvalue weighted by atomic mass is 9.66. The third-order valence-electron chi connectivity index (χ3n) is 4.74. The molecule has 0 aromatic heterocycles. The van der Waals surface area contributed by atoms with Gasteiger partial charge in [-0.2, -0.15) is 0 Å². The number of esters is 2. The summed E-state index contributed by atoms with van der Waals surface area (Å²) in [4.78, 5) is 24.6. The van der Waals surface area contributed by atoms with E-state index in [1.54, 1.807) is 52.0 Å². The van der Waals surface area contributed by atoms with Crippen LogP contribution in [-0.2, 0) is 24.7 Å². The Bertz CT molecular complexity index is 630. The predicted molar refractivity (Wildman–Crippen MR) is 76.7 cm³/mol. The molecule has 5 heteroatoms. The molecule has 112 valence electrons. The van der Waals surface area contributed by atoms with Crippen molar-refractivity contribution in [1.82, 2.24) is 0 Å². The van der Waals surface area contributed by atoms with Gasteiger partial charge in [-0.05, 0) is 39.8 Å². The molecular weight excluding hydrogens is 292 g/mol. The summed E-state index contributed by atoms with van der Waals surface area (Å²) in [5, 5.41) is 0.582. The van der Waals surface area contributed by atoms with E-state index >= 15 is 0 Å². The molecule has 0 N–H and O–H groups in total. The maximum absolute atomic E-state index is 12.3. The number of carbonyl (C=O) groups excluding carboxylic acids is 2. The fraction of sp³-hybridized carbons (Fsp3) is 0.500. The number of hydrogen-bond donors (Lipinski definition) is 0. The summed E-state index contributed by atoms with van der Waals surface area (Å²) in [5.74, 6) is -0.717. The summed E-state index contributed by atoms with van der Waals surface area (Å²) in [6.07, 6.45) is -0.652. The predicted octanol–water partition coefficient (Wildman–Crippen LogP) is 3.07. The van der Waals surface area contributed by atoms with E-state index in [1.807, 2.05) is 0 Å². The highest BCUT2D eigenvalue weighted by molar-refractivity contribution is 6.30. The van der Waals surface area contributed by atoms with E-state index < -0.39 is 22.5 Å². The third-order valence-corrected chi connectivity index (χ3v) is 4.99. The normalized spacial score (nSPS) is 32.5. The Morgan fingerprint density at radius 2 is 1.57 bits per heavy atom. The first-order valence-corrected chi connectivity index (χ1v) is 7.22. The highest BCUT2D eigenvalue weighted by Crippen LogP contribution is 2.61. The fourth-order valence-electron chi connectivity index (χ4n) is 3.31. The maximum atomic E-state index is 12.3. The largest absolute Gasteiger partial charge is 0.456 e. The van der Waals surface area contributed by atoms with Crippen LogP contribution >= 0.6 is 11.6 Å². The Hall–Kier alpha value is -1.55. The summed E-state index contributed by atoms with van der Waals surface area (Å²) in [5.41, 5.74) is -2.24. The molecule has 2 aliphatic heterocycles. The lowest BCUT2D eigenvalue weighted by Crippen LogP contribution is -2.47. The van der Waals surface area contributed by atoms with Crippen LogP contribution < -0.4 is 0 Å². The van der Waals surface area contributed by atoms with Gasteiger partial charge in [0.05, 0.1) is 0 Å². The van der Waals surface area contributed by atoms with Crippen molar-refractivity contribution in [3.8, 4) is 0 Å². The number of rotatable bonds is 1. The Kier molecular flexibility index (Phi) is 2.74. The monoisotopic (exact) mass is 308 g/mol. The Morgan fingerprint density at radius 3 is 2.14 bits per heavy atom. The zero-order valence-corrected chi connectivity index (χ0v) is 13.2. The van der Waals surface area contributed by atoms with Gasteiger partial charge < -0.3 is 9.47 Å². The standard InChI is InChI=1S/C16H17ClO4/c1-14(2)11-16(21-12(14)18,15(3,4)13(19)20-11)9-5-7-10(17)8-6-9/h5-8,11H,1-4H3/t11-,16+/m1/s1. The second-order valence-corrected chi connectivity index (χ2v) is 7.20. The molecule has 2 fully saturated rings. The van der Waals surface area contributed by atoms with Crippen molar-refractivity contribution in [2.24, 2.45) is 10.8 Å². The van der Waals surface area contributed by atoms with Gasteiger partial charge in [0.1, 0.15) is 10.8 Å². The lowest BCUT2D eigenvalue weighted by Gasteiger charge is -2.36. The molecule has 2 aliphatic rings. The van der Waals surface area contributed by atoms with Crippen molar-refractivity contribution in [2.45, 2.75) is 39.4 Å². The van der Waals surface area contributed by atoms with E-state index in [9.17, 15) is 9.59 Å². The van der Waals surface area contributed by atoms with Gasteiger partial charge in [-0.25, -0.2) is 0 Å². The van der Waals surface area contributed by atoms with Gasteiger partial charge in [-0.1, -0.05) is 23.7 Å². The van der Waals surface area contributed by atoms with E-state index in [0.717, 1.165) is 5.56 Å². The molecule has 0 saturated carbocycles. The van der Waals surface area contributed by atoms with Crippen molar-refractivity contribution in [1.29, 1.82) is 0 Å². The number of hydrogen-bond acceptors (Lipinski definition) is 4. The highest BCUT2D eigenvalue weighted by Gasteiger charge is 2.75. The average molecular weight is 309 g/mol. The summed E-state index contributed by atoms with van der Waals surface area (Å²) in [6.45, 7) is 6.98. The molecule has 2 heterocycles. The summed E-state index contributed by atoms with van der Waals surface area (Å²) < 4.78 is 11.3. The minimum Gasteiger partial charge on any atom is -0.456 e. The van der Waals surface area contributed by atoms with Crippen LogP contribution in [0.5, 0.6) is 0 Å². The van der Waals surface area contributed by atoms with Crippen LogP contribution in [0.25, 0.3) is 0 Å².